The number of amides is 1. The van der Waals surface area contributed by atoms with Gasteiger partial charge < -0.3 is 14.8 Å². The molecule has 0 fully saturated rings. The Hall–Kier alpha value is -2.82. The quantitative estimate of drug-likeness (QED) is 0.791. The van der Waals surface area contributed by atoms with E-state index in [0.29, 0.717) is 23.6 Å². The van der Waals surface area contributed by atoms with Crippen LogP contribution in [0.5, 0.6) is 5.75 Å². The van der Waals surface area contributed by atoms with E-state index in [4.69, 9.17) is 9.47 Å². The lowest BCUT2D eigenvalue weighted by Gasteiger charge is -2.09. The van der Waals surface area contributed by atoms with Crippen LogP contribution in [0.15, 0.2) is 48.5 Å². The van der Waals surface area contributed by atoms with Gasteiger partial charge in [-0.25, -0.2) is 4.79 Å². The van der Waals surface area contributed by atoms with E-state index in [1.165, 1.54) is 0 Å². The summed E-state index contributed by atoms with van der Waals surface area (Å²) < 4.78 is 10.4. The fourth-order valence-corrected chi connectivity index (χ4v) is 2.11. The van der Waals surface area contributed by atoms with Crippen molar-refractivity contribution in [2.24, 2.45) is 0 Å². The van der Waals surface area contributed by atoms with Gasteiger partial charge >= 0.3 is 5.97 Å². The van der Waals surface area contributed by atoms with Gasteiger partial charge in [0.05, 0.1) is 12.2 Å². The van der Waals surface area contributed by atoms with Crippen molar-refractivity contribution in [3.05, 3.63) is 59.7 Å². The van der Waals surface area contributed by atoms with E-state index in [1.807, 2.05) is 24.3 Å². The third kappa shape index (κ3) is 5.12. The van der Waals surface area contributed by atoms with Gasteiger partial charge in [-0.05, 0) is 55.3 Å². The highest BCUT2D eigenvalue weighted by Gasteiger charge is 2.08. The zero-order chi connectivity index (χ0) is 17.4. The topological polar surface area (TPSA) is 64.6 Å². The maximum absolute atomic E-state index is 11.9. The molecule has 1 amide bonds. The fourth-order valence-electron chi connectivity index (χ4n) is 2.11. The van der Waals surface area contributed by atoms with Crippen molar-refractivity contribution >= 4 is 17.6 Å². The Morgan fingerprint density at radius 1 is 1.04 bits per heavy atom. The summed E-state index contributed by atoms with van der Waals surface area (Å²) in [5, 5.41) is 2.72. The number of anilines is 1. The molecule has 0 atom stereocenters. The van der Waals surface area contributed by atoms with Gasteiger partial charge in [-0.3, -0.25) is 4.79 Å². The predicted molar refractivity (Wildman–Crippen MR) is 92.3 cm³/mol. The van der Waals surface area contributed by atoms with E-state index in [9.17, 15) is 9.59 Å². The molecule has 126 valence electrons. The highest BCUT2D eigenvalue weighted by molar-refractivity contribution is 5.93. The van der Waals surface area contributed by atoms with Gasteiger partial charge in [0.25, 0.3) is 5.91 Å². The highest BCUT2D eigenvalue weighted by Crippen LogP contribution is 2.14. The summed E-state index contributed by atoms with van der Waals surface area (Å²) in [6, 6.07) is 14.2. The number of hydrogen-bond acceptors (Lipinski definition) is 4. The van der Waals surface area contributed by atoms with Gasteiger partial charge in [0.2, 0.25) is 0 Å². The zero-order valence-electron chi connectivity index (χ0n) is 13.9. The van der Waals surface area contributed by atoms with Crippen LogP contribution in [0, 0.1) is 0 Å². The third-order valence-corrected chi connectivity index (χ3v) is 3.36. The van der Waals surface area contributed by atoms with E-state index in [2.05, 4.69) is 12.2 Å². The van der Waals surface area contributed by atoms with Crippen LogP contribution in [0.25, 0.3) is 0 Å². The van der Waals surface area contributed by atoms with Crippen LogP contribution in [-0.2, 0) is 16.0 Å². The molecule has 0 aliphatic rings. The Bertz CT molecular complexity index is 695. The Morgan fingerprint density at radius 3 is 2.46 bits per heavy atom. The molecule has 0 unspecified atom stereocenters. The maximum Gasteiger partial charge on any atom is 0.338 e. The minimum absolute atomic E-state index is 0.0766. The molecule has 2 aromatic rings. The largest absolute Gasteiger partial charge is 0.484 e. The van der Waals surface area contributed by atoms with E-state index < -0.39 is 0 Å². The zero-order valence-corrected chi connectivity index (χ0v) is 13.9. The lowest BCUT2D eigenvalue weighted by atomic mass is 10.2. The lowest BCUT2D eigenvalue weighted by molar-refractivity contribution is -0.118. The molecule has 5 heteroatoms. The first-order chi connectivity index (χ1) is 11.6. The molecular formula is C19H21NO4. The molecule has 0 heterocycles. The Labute approximate surface area is 141 Å². The van der Waals surface area contributed by atoms with Gasteiger partial charge in [-0.15, -0.1) is 0 Å². The second-order valence-corrected chi connectivity index (χ2v) is 5.14. The van der Waals surface area contributed by atoms with E-state index in [0.717, 1.165) is 12.0 Å². The minimum Gasteiger partial charge on any atom is -0.484 e. The summed E-state index contributed by atoms with van der Waals surface area (Å²) in [6.07, 6.45) is 0.913. The van der Waals surface area contributed by atoms with Crippen LogP contribution in [0.1, 0.15) is 29.8 Å². The first kappa shape index (κ1) is 17.5. The normalized spacial score (nSPS) is 10.1. The smallest absolute Gasteiger partial charge is 0.338 e. The summed E-state index contributed by atoms with van der Waals surface area (Å²) in [4.78, 5) is 23.5. The van der Waals surface area contributed by atoms with E-state index >= 15 is 0 Å². The number of hydrogen-bond donors (Lipinski definition) is 1. The number of esters is 1. The molecule has 0 aromatic heterocycles. The molecule has 5 nitrogen and oxygen atoms in total. The maximum atomic E-state index is 11.9. The van der Waals surface area contributed by atoms with E-state index in [1.54, 1.807) is 31.2 Å². The van der Waals surface area contributed by atoms with Crippen molar-refractivity contribution in [3.63, 3.8) is 0 Å². The second kappa shape index (κ2) is 8.72. The SMILES string of the molecule is CCOC(=O)c1ccc(NC(=O)COc2cccc(CC)c2)cc1. The average molecular weight is 327 g/mol. The number of carbonyl (C=O) groups excluding carboxylic acids is 2. The van der Waals surface area contributed by atoms with Gasteiger partial charge in [-0.2, -0.15) is 0 Å². The van der Waals surface area contributed by atoms with Crippen LogP contribution >= 0.6 is 0 Å². The van der Waals surface area contributed by atoms with Crippen molar-refractivity contribution in [1.29, 1.82) is 0 Å². The number of rotatable bonds is 7. The van der Waals surface area contributed by atoms with Gasteiger partial charge in [0.15, 0.2) is 6.61 Å². The predicted octanol–water partition coefficient (Wildman–Crippen LogP) is 3.44. The molecule has 1 N–H and O–H groups in total. The van der Waals surface area contributed by atoms with E-state index in [-0.39, 0.29) is 18.5 Å². The molecule has 0 saturated heterocycles. The third-order valence-electron chi connectivity index (χ3n) is 3.36. The average Bonchev–Trinajstić information content (AvgIpc) is 2.61. The Kier molecular flexibility index (Phi) is 6.37. The number of ether oxygens (including phenoxy) is 2. The molecule has 0 radical (unpaired) electrons. The summed E-state index contributed by atoms with van der Waals surface area (Å²) in [6.45, 7) is 4.06. The second-order valence-electron chi connectivity index (χ2n) is 5.14. The van der Waals surface area contributed by atoms with Crippen molar-refractivity contribution in [2.75, 3.05) is 18.5 Å². The molecule has 0 aliphatic heterocycles. The van der Waals surface area contributed by atoms with Crippen molar-refractivity contribution in [3.8, 4) is 5.75 Å². The number of nitrogens with one attached hydrogen (secondary N) is 1. The van der Waals surface area contributed by atoms with Gasteiger partial charge in [-0.1, -0.05) is 19.1 Å². The molecule has 24 heavy (non-hydrogen) atoms. The molecule has 2 rings (SSSR count). The number of benzene rings is 2. The molecule has 0 spiro atoms. The van der Waals surface area contributed by atoms with Crippen LogP contribution in [0.4, 0.5) is 5.69 Å². The first-order valence-corrected chi connectivity index (χ1v) is 7.91. The number of aryl methyl sites for hydroxylation is 1. The lowest BCUT2D eigenvalue weighted by Crippen LogP contribution is -2.20. The summed E-state index contributed by atoms with van der Waals surface area (Å²) in [5.74, 6) is 0.0254. The fraction of sp³-hybridized carbons (Fsp3) is 0.263. The Morgan fingerprint density at radius 2 is 1.79 bits per heavy atom. The van der Waals surface area contributed by atoms with Crippen LogP contribution in [0.3, 0.4) is 0 Å². The molecule has 0 bridgehead atoms. The van der Waals surface area contributed by atoms with Crippen molar-refractivity contribution < 1.29 is 19.1 Å². The molecule has 0 aliphatic carbocycles. The monoisotopic (exact) mass is 327 g/mol. The van der Waals surface area contributed by atoms with Crippen molar-refractivity contribution in [2.45, 2.75) is 20.3 Å². The Balaban J connectivity index is 1.86. The standard InChI is InChI=1S/C19H21NO4/c1-3-14-6-5-7-17(12-14)24-13-18(21)20-16-10-8-15(9-11-16)19(22)23-4-2/h5-12H,3-4,13H2,1-2H3,(H,20,21). The number of carbonyl (C=O) groups is 2. The van der Waals surface area contributed by atoms with Crippen LogP contribution < -0.4 is 10.1 Å². The van der Waals surface area contributed by atoms with Crippen molar-refractivity contribution in [1.82, 2.24) is 0 Å². The summed E-state index contributed by atoms with van der Waals surface area (Å²) >= 11 is 0. The molecule has 0 saturated carbocycles. The molecular weight excluding hydrogens is 306 g/mol. The highest BCUT2D eigenvalue weighted by atomic mass is 16.5. The minimum atomic E-state index is -0.380. The summed E-state index contributed by atoms with van der Waals surface area (Å²) in [5.41, 5.74) is 2.20. The van der Waals surface area contributed by atoms with Gasteiger partial charge in [0.1, 0.15) is 5.75 Å². The van der Waals surface area contributed by atoms with Crippen LogP contribution in [0.2, 0.25) is 0 Å². The first-order valence-electron chi connectivity index (χ1n) is 7.91. The van der Waals surface area contributed by atoms with Crippen LogP contribution in [-0.4, -0.2) is 25.1 Å². The summed E-state index contributed by atoms with van der Waals surface area (Å²) in [7, 11) is 0. The van der Waals surface area contributed by atoms with Gasteiger partial charge in [0, 0.05) is 5.69 Å². The molecule has 2 aromatic carbocycles.